The largest absolute Gasteiger partial charge is 0.339 e. The Bertz CT molecular complexity index is 763. The molecular weight excluding hydrogens is 428 g/mol. The molecule has 4 nitrogen and oxygen atoms in total. The fraction of sp³-hybridized carbons (Fsp3) is 0.524. The second-order valence-electron chi connectivity index (χ2n) is 7.77. The molecule has 1 aliphatic heterocycles. The van der Waals surface area contributed by atoms with Gasteiger partial charge in [-0.3, -0.25) is 9.59 Å². The van der Waals surface area contributed by atoms with Crippen LogP contribution in [0.1, 0.15) is 31.2 Å². The van der Waals surface area contributed by atoms with E-state index >= 15 is 0 Å². The molecule has 3 rings (SSSR count). The molecule has 2 fully saturated rings. The molecule has 1 saturated heterocycles. The highest BCUT2D eigenvalue weighted by Crippen LogP contribution is 2.33. The second-order valence-corrected chi connectivity index (χ2v) is 9.09. The number of nitrogens with zero attached hydrogens (tertiary/aromatic N) is 2. The van der Waals surface area contributed by atoms with Crippen LogP contribution in [0.2, 0.25) is 5.02 Å². The fourth-order valence-corrected chi connectivity index (χ4v) is 4.70. The second kappa shape index (κ2) is 8.89. The Labute approximate surface area is 174 Å². The van der Waals surface area contributed by atoms with Crippen LogP contribution in [-0.2, 0) is 16.0 Å². The number of likely N-dealkylation sites (tertiary alicyclic amines) is 1. The molecule has 2 unspecified atom stereocenters. The molecule has 1 heterocycles. The minimum absolute atomic E-state index is 0.0180. The first-order chi connectivity index (χ1) is 12.8. The lowest BCUT2D eigenvalue weighted by Crippen LogP contribution is -2.41. The van der Waals surface area contributed by atoms with Crippen molar-refractivity contribution in [3.8, 4) is 0 Å². The van der Waals surface area contributed by atoms with Crippen LogP contribution in [-0.4, -0.2) is 54.7 Å². The van der Waals surface area contributed by atoms with Gasteiger partial charge < -0.3 is 9.80 Å². The van der Waals surface area contributed by atoms with Crippen LogP contribution in [0.4, 0.5) is 0 Å². The molecular formula is C21H26BrClN2O2. The third-order valence-electron chi connectivity index (χ3n) is 5.49. The molecule has 2 aliphatic rings. The summed E-state index contributed by atoms with van der Waals surface area (Å²) in [4.78, 5) is 29.3. The van der Waals surface area contributed by atoms with Crippen molar-refractivity contribution >= 4 is 39.2 Å². The monoisotopic (exact) mass is 452 g/mol. The van der Waals surface area contributed by atoms with E-state index in [2.05, 4.69) is 15.9 Å². The van der Waals surface area contributed by atoms with E-state index in [0.29, 0.717) is 24.3 Å². The first-order valence-corrected chi connectivity index (χ1v) is 10.6. The molecule has 6 heteroatoms. The molecule has 0 radical (unpaired) electrons. The van der Waals surface area contributed by atoms with Gasteiger partial charge >= 0.3 is 0 Å². The SMILES string of the molecule is CN(C)C/C=C1\CC(N2CCC(Cc3ccc(Br)cc3Cl)C2=O)CCC1=O. The summed E-state index contributed by atoms with van der Waals surface area (Å²) in [5.41, 5.74) is 1.90. The lowest BCUT2D eigenvalue weighted by Gasteiger charge is -2.32. The normalized spacial score (nSPS) is 25.1. The van der Waals surface area contributed by atoms with Crippen molar-refractivity contribution in [2.75, 3.05) is 27.2 Å². The van der Waals surface area contributed by atoms with Crippen molar-refractivity contribution in [2.45, 2.75) is 38.1 Å². The molecule has 1 aromatic rings. The summed E-state index contributed by atoms with van der Waals surface area (Å²) in [6.07, 6.45) is 5.55. The molecule has 1 aromatic carbocycles. The number of likely N-dealkylation sites (N-methyl/N-ethyl adjacent to an activating group) is 1. The number of Topliss-reactive ketones (excluding diaryl/α,β-unsaturated/α-hetero) is 1. The van der Waals surface area contributed by atoms with Crippen LogP contribution >= 0.6 is 27.5 Å². The minimum Gasteiger partial charge on any atom is -0.339 e. The third kappa shape index (κ3) is 5.01. The number of hydrogen-bond acceptors (Lipinski definition) is 3. The maximum absolute atomic E-state index is 13.0. The smallest absolute Gasteiger partial charge is 0.226 e. The third-order valence-corrected chi connectivity index (χ3v) is 6.34. The zero-order chi connectivity index (χ0) is 19.6. The molecule has 0 N–H and O–H groups in total. The lowest BCUT2D eigenvalue weighted by molar-refractivity contribution is -0.134. The van der Waals surface area contributed by atoms with Gasteiger partial charge in [0.15, 0.2) is 5.78 Å². The number of halogens is 2. The van der Waals surface area contributed by atoms with Crippen molar-refractivity contribution in [3.63, 3.8) is 0 Å². The molecule has 27 heavy (non-hydrogen) atoms. The number of amides is 1. The molecule has 1 saturated carbocycles. The number of carbonyl (C=O) groups excluding carboxylic acids is 2. The Morgan fingerprint density at radius 1 is 1.30 bits per heavy atom. The maximum Gasteiger partial charge on any atom is 0.226 e. The van der Waals surface area contributed by atoms with Gasteiger partial charge in [0.05, 0.1) is 0 Å². The number of hydrogen-bond donors (Lipinski definition) is 0. The van der Waals surface area contributed by atoms with Gasteiger partial charge in [0.2, 0.25) is 5.91 Å². The van der Waals surface area contributed by atoms with Gasteiger partial charge in [0, 0.05) is 41.0 Å². The van der Waals surface area contributed by atoms with Gasteiger partial charge in [-0.05, 0) is 63.0 Å². The number of carbonyl (C=O) groups is 2. The van der Waals surface area contributed by atoms with Gasteiger partial charge in [-0.15, -0.1) is 0 Å². The zero-order valence-corrected chi connectivity index (χ0v) is 18.2. The van der Waals surface area contributed by atoms with Crippen molar-refractivity contribution < 1.29 is 9.59 Å². The van der Waals surface area contributed by atoms with Gasteiger partial charge in [-0.25, -0.2) is 0 Å². The maximum atomic E-state index is 13.0. The van der Waals surface area contributed by atoms with Crippen molar-refractivity contribution in [2.24, 2.45) is 5.92 Å². The molecule has 146 valence electrons. The summed E-state index contributed by atoms with van der Waals surface area (Å²) in [6.45, 7) is 1.53. The van der Waals surface area contributed by atoms with E-state index in [1.807, 2.05) is 48.2 Å². The van der Waals surface area contributed by atoms with Crippen molar-refractivity contribution in [1.29, 1.82) is 0 Å². The predicted octanol–water partition coefficient (Wildman–Crippen LogP) is 4.10. The molecule has 1 aliphatic carbocycles. The van der Waals surface area contributed by atoms with E-state index in [1.165, 1.54) is 0 Å². The summed E-state index contributed by atoms with van der Waals surface area (Å²) in [5, 5.41) is 0.702. The van der Waals surface area contributed by atoms with Crippen LogP contribution in [0, 0.1) is 5.92 Å². The van der Waals surface area contributed by atoms with E-state index in [-0.39, 0.29) is 23.7 Å². The lowest BCUT2D eigenvalue weighted by atomic mass is 9.88. The Kier molecular flexibility index (Phi) is 6.77. The highest BCUT2D eigenvalue weighted by molar-refractivity contribution is 9.10. The highest BCUT2D eigenvalue weighted by atomic mass is 79.9. The summed E-state index contributed by atoms with van der Waals surface area (Å²) in [5.74, 6) is 0.425. The summed E-state index contributed by atoms with van der Waals surface area (Å²) in [7, 11) is 3.98. The Morgan fingerprint density at radius 2 is 2.07 bits per heavy atom. The van der Waals surface area contributed by atoms with Crippen LogP contribution in [0.15, 0.2) is 34.3 Å². The number of benzene rings is 1. The van der Waals surface area contributed by atoms with Crippen LogP contribution < -0.4 is 0 Å². The van der Waals surface area contributed by atoms with Crippen molar-refractivity contribution in [1.82, 2.24) is 9.80 Å². The molecule has 0 bridgehead atoms. The Hall–Kier alpha value is -1.17. The standard InChI is InChI=1S/C21H26BrClN2O2/c1-24(2)9-7-15-12-18(5-6-20(15)26)25-10-8-16(21(25)27)11-14-3-4-17(22)13-19(14)23/h3-4,7,13,16,18H,5-6,8-12H2,1-2H3/b15-7+. The van der Waals surface area contributed by atoms with E-state index in [0.717, 1.165) is 41.5 Å². The van der Waals surface area contributed by atoms with Gasteiger partial charge in [0.25, 0.3) is 0 Å². The first-order valence-electron chi connectivity index (χ1n) is 9.46. The molecule has 0 spiro atoms. The van der Waals surface area contributed by atoms with E-state index in [1.54, 1.807) is 0 Å². The summed E-state index contributed by atoms with van der Waals surface area (Å²) in [6, 6.07) is 5.98. The number of ketones is 1. The predicted molar refractivity (Wildman–Crippen MR) is 112 cm³/mol. The van der Waals surface area contributed by atoms with E-state index < -0.39 is 0 Å². The van der Waals surface area contributed by atoms with Gasteiger partial charge in [-0.2, -0.15) is 0 Å². The zero-order valence-electron chi connectivity index (χ0n) is 15.9. The quantitative estimate of drug-likeness (QED) is 0.630. The average molecular weight is 454 g/mol. The molecule has 1 amide bonds. The van der Waals surface area contributed by atoms with Crippen molar-refractivity contribution in [3.05, 3.63) is 44.9 Å². The summed E-state index contributed by atoms with van der Waals surface area (Å²) < 4.78 is 0.944. The Balaban J connectivity index is 1.65. The van der Waals surface area contributed by atoms with Crippen LogP contribution in [0.25, 0.3) is 0 Å². The van der Waals surface area contributed by atoms with Gasteiger partial charge in [-0.1, -0.05) is 39.7 Å². The molecule has 0 aromatic heterocycles. The van der Waals surface area contributed by atoms with Gasteiger partial charge in [0.1, 0.15) is 0 Å². The minimum atomic E-state index is -0.0180. The van der Waals surface area contributed by atoms with E-state index in [4.69, 9.17) is 11.6 Å². The Morgan fingerprint density at radius 3 is 2.78 bits per heavy atom. The molecule has 2 atom stereocenters. The highest BCUT2D eigenvalue weighted by Gasteiger charge is 2.38. The first kappa shape index (κ1) is 20.6. The van der Waals surface area contributed by atoms with Crippen LogP contribution in [0.3, 0.4) is 0 Å². The van der Waals surface area contributed by atoms with E-state index in [9.17, 15) is 9.59 Å². The topological polar surface area (TPSA) is 40.6 Å². The summed E-state index contributed by atoms with van der Waals surface area (Å²) >= 11 is 9.75. The fourth-order valence-electron chi connectivity index (χ4n) is 3.95. The number of rotatable bonds is 5. The average Bonchev–Trinajstić information content (AvgIpc) is 2.97. The van der Waals surface area contributed by atoms with Crippen LogP contribution in [0.5, 0.6) is 0 Å².